The Kier molecular flexibility index (Phi) is 3.09. The first kappa shape index (κ1) is 11.1. The lowest BCUT2D eigenvalue weighted by molar-refractivity contribution is -0.0264. The minimum atomic E-state index is -0.0411. The van der Waals surface area contributed by atoms with Crippen LogP contribution in [0.25, 0.3) is 0 Å². The fraction of sp³-hybridized carbons (Fsp3) is 0.818. The molecule has 0 amide bonds. The van der Waals surface area contributed by atoms with Crippen molar-refractivity contribution in [3.63, 3.8) is 0 Å². The van der Waals surface area contributed by atoms with Crippen LogP contribution in [-0.4, -0.2) is 54.9 Å². The molecule has 2 aliphatic heterocycles. The Morgan fingerprint density at radius 2 is 2.41 bits per heavy atom. The average Bonchev–Trinajstić information content (AvgIpc) is 3.00. The van der Waals surface area contributed by atoms with Crippen LogP contribution >= 0.6 is 0 Å². The summed E-state index contributed by atoms with van der Waals surface area (Å²) in [6.07, 6.45) is 1.04. The molecular weight excluding hydrogens is 220 g/mol. The van der Waals surface area contributed by atoms with Crippen molar-refractivity contribution in [2.75, 3.05) is 39.8 Å². The van der Waals surface area contributed by atoms with E-state index in [1.165, 1.54) is 0 Å². The van der Waals surface area contributed by atoms with E-state index in [1.807, 2.05) is 0 Å². The van der Waals surface area contributed by atoms with E-state index in [0.717, 1.165) is 45.1 Å². The van der Waals surface area contributed by atoms with E-state index in [9.17, 15) is 0 Å². The monoisotopic (exact) mass is 238 g/mol. The van der Waals surface area contributed by atoms with Gasteiger partial charge in [-0.3, -0.25) is 0 Å². The highest BCUT2D eigenvalue weighted by atomic mass is 16.5. The molecule has 1 aromatic heterocycles. The predicted molar refractivity (Wildman–Crippen MR) is 60.7 cm³/mol. The molecule has 0 aliphatic carbocycles. The number of nitrogens with zero attached hydrogens (tertiary/aromatic N) is 3. The van der Waals surface area contributed by atoms with Crippen molar-refractivity contribution in [3.8, 4) is 0 Å². The highest BCUT2D eigenvalue weighted by molar-refractivity contribution is 5.00. The van der Waals surface area contributed by atoms with Crippen LogP contribution in [0.4, 0.5) is 0 Å². The quantitative estimate of drug-likeness (QED) is 0.791. The first-order valence-electron chi connectivity index (χ1n) is 6.17. The lowest BCUT2D eigenvalue weighted by atomic mass is 10.1. The predicted octanol–water partition coefficient (Wildman–Crippen LogP) is 0.150. The molecule has 2 aliphatic rings. The summed E-state index contributed by atoms with van der Waals surface area (Å²) in [4.78, 5) is 6.70. The third-order valence-corrected chi connectivity index (χ3v) is 3.42. The Bertz CT molecular complexity index is 375. The molecule has 3 rings (SSSR count). The van der Waals surface area contributed by atoms with Crippen molar-refractivity contribution in [2.24, 2.45) is 0 Å². The maximum absolute atomic E-state index is 5.67. The molecular formula is C11H18N4O2. The highest BCUT2D eigenvalue weighted by Gasteiger charge is 2.27. The van der Waals surface area contributed by atoms with Gasteiger partial charge in [0.05, 0.1) is 12.5 Å². The van der Waals surface area contributed by atoms with Gasteiger partial charge in [-0.05, 0) is 20.0 Å². The molecule has 2 saturated heterocycles. The van der Waals surface area contributed by atoms with Gasteiger partial charge in [0, 0.05) is 19.6 Å². The van der Waals surface area contributed by atoms with E-state index >= 15 is 0 Å². The Labute approximate surface area is 100 Å². The lowest BCUT2D eigenvalue weighted by Crippen LogP contribution is -2.35. The van der Waals surface area contributed by atoms with Gasteiger partial charge in [0.15, 0.2) is 0 Å². The fourth-order valence-corrected chi connectivity index (χ4v) is 2.34. The van der Waals surface area contributed by atoms with E-state index in [0.29, 0.717) is 11.7 Å². The number of ether oxygens (including phenoxy) is 1. The minimum Gasteiger partial charge on any atom is -0.367 e. The van der Waals surface area contributed by atoms with Gasteiger partial charge >= 0.3 is 0 Å². The van der Waals surface area contributed by atoms with Crippen molar-refractivity contribution in [1.82, 2.24) is 20.4 Å². The molecule has 6 heteroatoms. The number of aromatic nitrogens is 2. The molecule has 0 radical (unpaired) electrons. The van der Waals surface area contributed by atoms with Crippen LogP contribution < -0.4 is 5.32 Å². The summed E-state index contributed by atoms with van der Waals surface area (Å²) in [6, 6.07) is 0. The summed E-state index contributed by atoms with van der Waals surface area (Å²) >= 11 is 0. The number of rotatable bonds is 2. The zero-order valence-electron chi connectivity index (χ0n) is 10.1. The second kappa shape index (κ2) is 4.72. The average molecular weight is 238 g/mol. The molecule has 2 fully saturated rings. The van der Waals surface area contributed by atoms with Gasteiger partial charge < -0.3 is 19.5 Å². The second-order valence-electron chi connectivity index (χ2n) is 4.80. The molecule has 0 saturated carbocycles. The molecule has 17 heavy (non-hydrogen) atoms. The number of likely N-dealkylation sites (N-methyl/N-ethyl adjacent to an activating group) is 1. The molecule has 0 bridgehead atoms. The Morgan fingerprint density at radius 3 is 3.18 bits per heavy atom. The van der Waals surface area contributed by atoms with Gasteiger partial charge in [-0.2, -0.15) is 4.98 Å². The molecule has 1 N–H and O–H groups in total. The van der Waals surface area contributed by atoms with E-state index in [2.05, 4.69) is 27.4 Å². The van der Waals surface area contributed by atoms with Gasteiger partial charge in [0.2, 0.25) is 11.7 Å². The van der Waals surface area contributed by atoms with Crippen LogP contribution in [0.5, 0.6) is 0 Å². The summed E-state index contributed by atoms with van der Waals surface area (Å²) in [5, 5.41) is 7.35. The van der Waals surface area contributed by atoms with Gasteiger partial charge in [0.1, 0.15) is 6.10 Å². The van der Waals surface area contributed by atoms with Crippen molar-refractivity contribution in [2.45, 2.75) is 18.4 Å². The summed E-state index contributed by atoms with van der Waals surface area (Å²) in [5.41, 5.74) is 0. The largest absolute Gasteiger partial charge is 0.367 e. The third kappa shape index (κ3) is 2.34. The van der Waals surface area contributed by atoms with Crippen molar-refractivity contribution >= 4 is 0 Å². The summed E-state index contributed by atoms with van der Waals surface area (Å²) < 4.78 is 11.0. The van der Waals surface area contributed by atoms with Gasteiger partial charge in [-0.1, -0.05) is 5.16 Å². The van der Waals surface area contributed by atoms with Crippen LogP contribution in [-0.2, 0) is 4.74 Å². The molecule has 0 aromatic carbocycles. The standard InChI is InChI=1S/C11H18N4O2/c1-15-4-5-16-9(7-15)10-13-11(17-14-10)8-2-3-12-6-8/h8-9,12H,2-7H2,1H3. The molecule has 1 aromatic rings. The zero-order valence-corrected chi connectivity index (χ0v) is 10.1. The molecule has 6 nitrogen and oxygen atoms in total. The van der Waals surface area contributed by atoms with Crippen molar-refractivity contribution in [1.29, 1.82) is 0 Å². The first-order chi connectivity index (χ1) is 8.33. The van der Waals surface area contributed by atoms with Gasteiger partial charge in [0.25, 0.3) is 0 Å². The summed E-state index contributed by atoms with van der Waals surface area (Å²) in [5.74, 6) is 1.82. The minimum absolute atomic E-state index is 0.0411. The Hall–Kier alpha value is -0.980. The van der Waals surface area contributed by atoms with Crippen LogP contribution in [0.2, 0.25) is 0 Å². The summed E-state index contributed by atoms with van der Waals surface area (Å²) in [6.45, 7) is 4.50. The van der Waals surface area contributed by atoms with E-state index < -0.39 is 0 Å². The smallest absolute Gasteiger partial charge is 0.231 e. The van der Waals surface area contributed by atoms with E-state index in [1.54, 1.807) is 0 Å². The first-order valence-corrected chi connectivity index (χ1v) is 6.17. The van der Waals surface area contributed by atoms with Crippen LogP contribution in [0.3, 0.4) is 0 Å². The van der Waals surface area contributed by atoms with Crippen molar-refractivity contribution in [3.05, 3.63) is 11.7 Å². The van der Waals surface area contributed by atoms with Crippen molar-refractivity contribution < 1.29 is 9.26 Å². The molecule has 3 heterocycles. The Balaban J connectivity index is 1.70. The summed E-state index contributed by atoms with van der Waals surface area (Å²) in [7, 11) is 2.08. The second-order valence-corrected chi connectivity index (χ2v) is 4.80. The SMILES string of the molecule is CN1CCOC(c2noc(C3CCNC3)n2)C1. The molecule has 2 atom stereocenters. The lowest BCUT2D eigenvalue weighted by Gasteiger charge is -2.27. The Morgan fingerprint density at radius 1 is 1.47 bits per heavy atom. The molecule has 2 unspecified atom stereocenters. The zero-order chi connectivity index (χ0) is 11.7. The van der Waals surface area contributed by atoms with Crippen LogP contribution in [0.1, 0.15) is 30.2 Å². The van der Waals surface area contributed by atoms with E-state index in [4.69, 9.17) is 9.26 Å². The van der Waals surface area contributed by atoms with Crippen LogP contribution in [0, 0.1) is 0 Å². The normalized spacial score (nSPS) is 30.9. The third-order valence-electron chi connectivity index (χ3n) is 3.42. The maximum Gasteiger partial charge on any atom is 0.231 e. The number of nitrogens with one attached hydrogen (secondary N) is 1. The van der Waals surface area contributed by atoms with E-state index in [-0.39, 0.29) is 6.10 Å². The van der Waals surface area contributed by atoms with Gasteiger partial charge in [-0.15, -0.1) is 0 Å². The fourth-order valence-electron chi connectivity index (χ4n) is 2.34. The number of hydrogen-bond donors (Lipinski definition) is 1. The number of morpholine rings is 1. The van der Waals surface area contributed by atoms with Gasteiger partial charge in [-0.25, -0.2) is 0 Å². The number of hydrogen-bond acceptors (Lipinski definition) is 6. The topological polar surface area (TPSA) is 63.4 Å². The highest BCUT2D eigenvalue weighted by Crippen LogP contribution is 2.24. The maximum atomic E-state index is 5.67. The van der Waals surface area contributed by atoms with Crippen LogP contribution in [0.15, 0.2) is 4.52 Å². The molecule has 0 spiro atoms. The molecule has 94 valence electrons.